The third-order valence-corrected chi connectivity index (χ3v) is 7.30. The van der Waals surface area contributed by atoms with E-state index in [1.807, 2.05) is 0 Å². The van der Waals surface area contributed by atoms with Gasteiger partial charge >= 0.3 is 0 Å². The zero-order chi connectivity index (χ0) is 20.8. The zero-order valence-electron chi connectivity index (χ0n) is 16.1. The van der Waals surface area contributed by atoms with E-state index < -0.39 is 9.84 Å². The molecule has 0 bridgehead atoms. The summed E-state index contributed by atoms with van der Waals surface area (Å²) >= 11 is 0. The van der Waals surface area contributed by atoms with Gasteiger partial charge in [-0.15, -0.1) is 0 Å². The summed E-state index contributed by atoms with van der Waals surface area (Å²) in [5.74, 6) is -0.350. The summed E-state index contributed by atoms with van der Waals surface area (Å²) in [6.07, 6.45) is 9.83. The van der Waals surface area contributed by atoms with E-state index >= 15 is 0 Å². The number of sulfone groups is 1. The SMILES string of the molecule is CC1=CC(=C2C=C(S(=O)(=O)C3CC3)C=CC2=Nc2ccc(F)cc2)C=C(C)N1O. The Balaban J connectivity index is 1.86. The lowest BCUT2D eigenvalue weighted by atomic mass is 9.96. The van der Waals surface area contributed by atoms with E-state index in [2.05, 4.69) is 4.99 Å². The molecule has 1 aromatic rings. The highest BCUT2D eigenvalue weighted by Gasteiger charge is 2.38. The predicted molar refractivity (Wildman–Crippen MR) is 111 cm³/mol. The van der Waals surface area contributed by atoms with Crippen molar-refractivity contribution in [2.75, 3.05) is 0 Å². The van der Waals surface area contributed by atoms with E-state index in [-0.39, 0.29) is 16.0 Å². The Kier molecular flexibility index (Phi) is 4.88. The van der Waals surface area contributed by atoms with Crippen LogP contribution in [0.2, 0.25) is 0 Å². The van der Waals surface area contributed by atoms with Gasteiger partial charge in [-0.25, -0.2) is 22.9 Å². The van der Waals surface area contributed by atoms with Crippen LogP contribution < -0.4 is 0 Å². The van der Waals surface area contributed by atoms with Crippen LogP contribution in [-0.2, 0) is 9.84 Å². The molecule has 150 valence electrons. The Hall–Kier alpha value is -2.77. The van der Waals surface area contributed by atoms with Crippen LogP contribution >= 0.6 is 0 Å². The molecule has 1 N–H and O–H groups in total. The minimum atomic E-state index is -3.37. The van der Waals surface area contributed by atoms with Gasteiger partial charge in [0, 0.05) is 17.0 Å². The van der Waals surface area contributed by atoms with Gasteiger partial charge < -0.3 is 0 Å². The number of allylic oxidation sites excluding steroid dienone is 9. The van der Waals surface area contributed by atoms with Gasteiger partial charge in [-0.2, -0.15) is 0 Å². The van der Waals surface area contributed by atoms with Crippen molar-refractivity contribution in [3.63, 3.8) is 0 Å². The average molecular weight is 412 g/mol. The number of rotatable bonds is 3. The van der Waals surface area contributed by atoms with Crippen LogP contribution in [0.1, 0.15) is 26.7 Å². The van der Waals surface area contributed by atoms with Gasteiger partial charge in [-0.1, -0.05) is 0 Å². The quantitative estimate of drug-likeness (QED) is 0.779. The van der Waals surface area contributed by atoms with Gasteiger partial charge in [0.25, 0.3) is 0 Å². The monoisotopic (exact) mass is 412 g/mol. The summed E-state index contributed by atoms with van der Waals surface area (Å²) in [6.45, 7) is 3.52. The lowest BCUT2D eigenvalue weighted by Crippen LogP contribution is -2.19. The summed E-state index contributed by atoms with van der Waals surface area (Å²) in [6, 6.07) is 5.79. The van der Waals surface area contributed by atoms with E-state index in [0.29, 0.717) is 41.2 Å². The summed E-state index contributed by atoms with van der Waals surface area (Å²) in [7, 11) is -3.37. The number of hydrogen-bond donors (Lipinski definition) is 1. The molecule has 3 aliphatic rings. The van der Waals surface area contributed by atoms with E-state index in [1.54, 1.807) is 56.4 Å². The molecule has 0 spiro atoms. The lowest BCUT2D eigenvalue weighted by Gasteiger charge is -2.24. The molecule has 1 saturated carbocycles. The van der Waals surface area contributed by atoms with Crippen LogP contribution in [0.5, 0.6) is 0 Å². The Labute approximate surface area is 169 Å². The highest BCUT2D eigenvalue weighted by Crippen LogP contribution is 2.36. The maximum atomic E-state index is 13.2. The molecule has 0 aromatic heterocycles. The fourth-order valence-corrected chi connectivity index (χ4v) is 4.98. The van der Waals surface area contributed by atoms with Gasteiger partial charge in [0.05, 0.1) is 21.6 Å². The van der Waals surface area contributed by atoms with Crippen molar-refractivity contribution in [2.24, 2.45) is 4.99 Å². The lowest BCUT2D eigenvalue weighted by molar-refractivity contribution is -0.0195. The molecular weight excluding hydrogens is 391 g/mol. The third kappa shape index (κ3) is 3.88. The maximum absolute atomic E-state index is 13.2. The first-order valence-electron chi connectivity index (χ1n) is 9.34. The number of halogens is 1. The largest absolute Gasteiger partial charge is 0.284 e. The molecule has 0 amide bonds. The second-order valence-electron chi connectivity index (χ2n) is 7.35. The number of hydrogen-bond acceptors (Lipinski definition) is 5. The Morgan fingerprint density at radius 1 is 1.03 bits per heavy atom. The molecule has 0 atom stereocenters. The summed E-state index contributed by atoms with van der Waals surface area (Å²) in [4.78, 5) is 4.86. The normalized spacial score (nSPS) is 21.3. The van der Waals surface area contributed by atoms with Crippen molar-refractivity contribution < 1.29 is 18.0 Å². The Morgan fingerprint density at radius 2 is 1.66 bits per heavy atom. The topological polar surface area (TPSA) is 70.0 Å². The van der Waals surface area contributed by atoms with Gasteiger partial charge in [-0.3, -0.25) is 5.21 Å². The standard InChI is InChI=1S/C22H21FN2O3S/c1-14-11-16(12-15(2)25(14)26)21-13-20(29(27,28)19-7-8-19)9-10-22(21)24-18-5-3-17(23)4-6-18/h3-6,9-13,19,26H,7-8H2,1-2H3. The molecular formula is C22H21FN2O3S. The van der Waals surface area contributed by atoms with Gasteiger partial charge in [0.2, 0.25) is 0 Å². The molecule has 1 aliphatic heterocycles. The summed E-state index contributed by atoms with van der Waals surface area (Å²) in [5.41, 5.74) is 3.75. The summed E-state index contributed by atoms with van der Waals surface area (Å²) < 4.78 is 38.7. The average Bonchev–Trinajstić information content (AvgIpc) is 3.53. The number of aliphatic imine (C=N–C) groups is 1. The summed E-state index contributed by atoms with van der Waals surface area (Å²) in [5, 5.41) is 10.8. The van der Waals surface area contributed by atoms with E-state index in [4.69, 9.17) is 0 Å². The van der Waals surface area contributed by atoms with Crippen molar-refractivity contribution in [1.82, 2.24) is 5.06 Å². The van der Waals surface area contributed by atoms with E-state index in [0.717, 1.165) is 10.6 Å². The maximum Gasteiger partial charge on any atom is 0.181 e. The number of benzene rings is 1. The molecule has 0 radical (unpaired) electrons. The molecule has 0 saturated heterocycles. The second kappa shape index (κ2) is 7.24. The highest BCUT2D eigenvalue weighted by atomic mass is 32.2. The fourth-order valence-electron chi connectivity index (χ4n) is 3.29. The highest BCUT2D eigenvalue weighted by molar-refractivity contribution is 7.96. The van der Waals surface area contributed by atoms with Crippen LogP contribution in [0.25, 0.3) is 0 Å². The molecule has 0 unspecified atom stereocenters. The van der Waals surface area contributed by atoms with Crippen LogP contribution in [0.15, 0.2) is 87.1 Å². The molecule has 5 nitrogen and oxygen atoms in total. The molecule has 29 heavy (non-hydrogen) atoms. The number of nitrogens with zero attached hydrogens (tertiary/aromatic N) is 2. The number of hydroxylamine groups is 2. The smallest absolute Gasteiger partial charge is 0.181 e. The first kappa shape index (κ1) is 19.5. The van der Waals surface area contributed by atoms with Crippen LogP contribution in [0.3, 0.4) is 0 Å². The van der Waals surface area contributed by atoms with E-state index in [9.17, 15) is 18.0 Å². The molecule has 4 rings (SSSR count). The van der Waals surface area contributed by atoms with Gasteiger partial charge in [0.15, 0.2) is 9.84 Å². The van der Waals surface area contributed by atoms with Crippen LogP contribution in [0.4, 0.5) is 10.1 Å². The Morgan fingerprint density at radius 3 is 2.24 bits per heavy atom. The van der Waals surface area contributed by atoms with Gasteiger partial charge in [0.1, 0.15) is 5.82 Å². The molecule has 1 heterocycles. The zero-order valence-corrected chi connectivity index (χ0v) is 16.9. The third-order valence-electron chi connectivity index (χ3n) is 5.04. The first-order valence-corrected chi connectivity index (χ1v) is 10.9. The van der Waals surface area contributed by atoms with Crippen molar-refractivity contribution >= 4 is 21.2 Å². The van der Waals surface area contributed by atoms with Gasteiger partial charge in [-0.05, 0) is 86.9 Å². The van der Waals surface area contributed by atoms with Crippen molar-refractivity contribution in [2.45, 2.75) is 31.9 Å². The fraction of sp³-hybridized carbons (Fsp3) is 0.227. The second-order valence-corrected chi connectivity index (χ2v) is 9.58. The molecule has 7 heteroatoms. The van der Waals surface area contributed by atoms with Crippen LogP contribution in [-0.4, -0.2) is 29.6 Å². The first-order chi connectivity index (χ1) is 13.8. The molecule has 1 aromatic carbocycles. The minimum Gasteiger partial charge on any atom is -0.284 e. The minimum absolute atomic E-state index is 0.268. The van der Waals surface area contributed by atoms with E-state index in [1.165, 1.54) is 12.1 Å². The van der Waals surface area contributed by atoms with Crippen molar-refractivity contribution in [1.29, 1.82) is 0 Å². The van der Waals surface area contributed by atoms with Crippen molar-refractivity contribution in [3.8, 4) is 0 Å². The molecule has 1 fully saturated rings. The predicted octanol–water partition coefficient (Wildman–Crippen LogP) is 4.74. The molecule has 2 aliphatic carbocycles. The van der Waals surface area contributed by atoms with Crippen molar-refractivity contribution in [3.05, 3.63) is 87.9 Å². The van der Waals surface area contributed by atoms with Crippen LogP contribution in [0, 0.1) is 5.82 Å². The Bertz CT molecular complexity index is 1130.